The number of carbonyl (C=O) groups excluding carboxylic acids is 1. The molecule has 1 aliphatic rings. The van der Waals surface area contributed by atoms with Gasteiger partial charge in [0.05, 0.1) is 4.90 Å². The second-order valence-corrected chi connectivity index (χ2v) is 6.87. The third kappa shape index (κ3) is 3.98. The summed E-state index contributed by atoms with van der Waals surface area (Å²) in [5.74, 6) is -0.962. The molecule has 22 heavy (non-hydrogen) atoms. The second kappa shape index (κ2) is 6.25. The van der Waals surface area contributed by atoms with Crippen LogP contribution in [0.1, 0.15) is 23.2 Å². The summed E-state index contributed by atoms with van der Waals surface area (Å²) in [7, 11) is -3.71. The van der Waals surface area contributed by atoms with Gasteiger partial charge in [0.2, 0.25) is 10.0 Å². The molecule has 0 atom stereocenters. The minimum absolute atomic E-state index is 0.0888. The van der Waals surface area contributed by atoms with E-state index in [-0.39, 0.29) is 10.5 Å². The molecule has 0 spiro atoms. The molecular weight excluding hydrogens is 321 g/mol. The van der Waals surface area contributed by atoms with E-state index in [1.54, 1.807) is 5.32 Å². The second-order valence-electron chi connectivity index (χ2n) is 4.94. The first-order valence-corrected chi connectivity index (χ1v) is 8.09. The Kier molecular flexibility index (Phi) is 4.76. The van der Waals surface area contributed by atoms with Crippen LogP contribution >= 0.6 is 0 Å². The fraction of sp³-hybridized carbons (Fsp3) is 0.462. The van der Waals surface area contributed by atoms with E-state index < -0.39 is 28.7 Å². The van der Waals surface area contributed by atoms with E-state index in [0.717, 1.165) is 18.9 Å². The molecule has 1 fully saturated rings. The fourth-order valence-electron chi connectivity index (χ4n) is 2.16. The summed E-state index contributed by atoms with van der Waals surface area (Å²) in [6, 6.07) is 5.04. The summed E-state index contributed by atoms with van der Waals surface area (Å²) in [5.41, 5.74) is -0.121. The van der Waals surface area contributed by atoms with Gasteiger partial charge in [-0.3, -0.25) is 4.79 Å². The Hall–Kier alpha value is -1.61. The smallest absolute Gasteiger partial charge is 0.343 e. The lowest BCUT2D eigenvalue weighted by Gasteiger charge is -2.16. The van der Waals surface area contributed by atoms with Crippen LogP contribution in [0, 0.1) is 0 Å². The van der Waals surface area contributed by atoms with E-state index in [1.165, 1.54) is 22.5 Å². The maximum Gasteiger partial charge on any atom is 0.405 e. The van der Waals surface area contributed by atoms with Gasteiger partial charge in [-0.05, 0) is 31.0 Å². The Labute approximate surface area is 126 Å². The zero-order chi connectivity index (χ0) is 16.4. The molecule has 2 rings (SSSR count). The van der Waals surface area contributed by atoms with Gasteiger partial charge in [0.15, 0.2) is 0 Å². The lowest BCUT2D eigenvalue weighted by Crippen LogP contribution is -2.34. The SMILES string of the molecule is O=C(NCC(F)(F)F)c1cccc(S(=O)(=O)N2CCCC2)c1. The molecule has 1 aromatic carbocycles. The number of amides is 1. The number of halogens is 3. The minimum atomic E-state index is -4.52. The molecule has 1 heterocycles. The number of nitrogens with zero attached hydrogens (tertiary/aromatic N) is 1. The number of rotatable bonds is 4. The zero-order valence-electron chi connectivity index (χ0n) is 11.6. The molecule has 0 radical (unpaired) electrons. The zero-order valence-corrected chi connectivity index (χ0v) is 12.4. The van der Waals surface area contributed by atoms with Crippen LogP contribution in [0.15, 0.2) is 29.2 Å². The Morgan fingerprint density at radius 3 is 2.45 bits per heavy atom. The highest BCUT2D eigenvalue weighted by Gasteiger charge is 2.29. The van der Waals surface area contributed by atoms with Crippen molar-refractivity contribution in [3.63, 3.8) is 0 Å². The summed E-state index contributed by atoms with van der Waals surface area (Å²) in [4.78, 5) is 11.6. The Morgan fingerprint density at radius 2 is 1.86 bits per heavy atom. The average Bonchev–Trinajstić information content (AvgIpc) is 2.99. The Balaban J connectivity index is 2.18. The third-order valence-corrected chi connectivity index (χ3v) is 5.14. The normalized spacial score (nSPS) is 16.7. The predicted octanol–water partition coefficient (Wildman–Crippen LogP) is 1.76. The van der Waals surface area contributed by atoms with Gasteiger partial charge >= 0.3 is 6.18 Å². The van der Waals surface area contributed by atoms with Gasteiger partial charge in [-0.1, -0.05) is 6.07 Å². The molecule has 1 amide bonds. The number of hydrogen-bond donors (Lipinski definition) is 1. The van der Waals surface area contributed by atoms with E-state index in [1.807, 2.05) is 0 Å². The first-order valence-electron chi connectivity index (χ1n) is 6.65. The molecule has 1 aliphatic heterocycles. The van der Waals surface area contributed by atoms with Gasteiger partial charge in [-0.25, -0.2) is 8.42 Å². The molecule has 0 unspecified atom stereocenters. The van der Waals surface area contributed by atoms with Crippen LogP contribution in [-0.2, 0) is 10.0 Å². The number of hydrogen-bond acceptors (Lipinski definition) is 3. The van der Waals surface area contributed by atoms with Crippen molar-refractivity contribution in [2.45, 2.75) is 23.9 Å². The number of benzene rings is 1. The van der Waals surface area contributed by atoms with E-state index in [2.05, 4.69) is 0 Å². The van der Waals surface area contributed by atoms with E-state index in [4.69, 9.17) is 0 Å². The van der Waals surface area contributed by atoms with E-state index in [9.17, 15) is 26.4 Å². The molecule has 5 nitrogen and oxygen atoms in total. The lowest BCUT2D eigenvalue weighted by atomic mass is 10.2. The topological polar surface area (TPSA) is 66.5 Å². The van der Waals surface area contributed by atoms with Gasteiger partial charge in [-0.15, -0.1) is 0 Å². The van der Waals surface area contributed by atoms with Crippen LogP contribution in [0.5, 0.6) is 0 Å². The molecule has 0 aliphatic carbocycles. The van der Waals surface area contributed by atoms with Crippen LogP contribution in [0.4, 0.5) is 13.2 Å². The highest BCUT2D eigenvalue weighted by Crippen LogP contribution is 2.21. The fourth-order valence-corrected chi connectivity index (χ4v) is 3.72. The van der Waals surface area contributed by atoms with Crippen molar-refractivity contribution in [2.75, 3.05) is 19.6 Å². The van der Waals surface area contributed by atoms with Crippen molar-refractivity contribution >= 4 is 15.9 Å². The summed E-state index contributed by atoms with van der Waals surface area (Å²) >= 11 is 0. The van der Waals surface area contributed by atoms with Crippen molar-refractivity contribution in [3.05, 3.63) is 29.8 Å². The quantitative estimate of drug-likeness (QED) is 0.911. The Bertz CT molecular complexity index is 653. The molecule has 0 bridgehead atoms. The van der Waals surface area contributed by atoms with Crippen LogP contribution in [0.25, 0.3) is 0 Å². The number of sulfonamides is 1. The van der Waals surface area contributed by atoms with Gasteiger partial charge in [-0.2, -0.15) is 17.5 Å². The summed E-state index contributed by atoms with van der Waals surface area (Å²) in [5, 5.41) is 1.71. The van der Waals surface area contributed by atoms with Crippen LogP contribution in [0.3, 0.4) is 0 Å². The highest BCUT2D eigenvalue weighted by atomic mass is 32.2. The molecule has 1 saturated heterocycles. The average molecular weight is 336 g/mol. The molecular formula is C13H15F3N2O3S. The monoisotopic (exact) mass is 336 g/mol. The summed E-state index contributed by atoms with van der Waals surface area (Å²) in [6.07, 6.45) is -2.98. The minimum Gasteiger partial charge on any atom is -0.343 e. The highest BCUT2D eigenvalue weighted by molar-refractivity contribution is 7.89. The van der Waals surface area contributed by atoms with Crippen LogP contribution in [0.2, 0.25) is 0 Å². The Morgan fingerprint density at radius 1 is 1.23 bits per heavy atom. The maximum atomic E-state index is 12.3. The lowest BCUT2D eigenvalue weighted by molar-refractivity contribution is -0.123. The van der Waals surface area contributed by atoms with Crippen molar-refractivity contribution in [1.82, 2.24) is 9.62 Å². The van der Waals surface area contributed by atoms with Crippen molar-refractivity contribution in [2.24, 2.45) is 0 Å². The maximum absolute atomic E-state index is 12.3. The van der Waals surface area contributed by atoms with Crippen molar-refractivity contribution in [3.8, 4) is 0 Å². The molecule has 122 valence electrons. The molecule has 1 aromatic rings. The summed E-state index contributed by atoms with van der Waals surface area (Å²) in [6.45, 7) is -0.644. The van der Waals surface area contributed by atoms with Crippen LogP contribution in [-0.4, -0.2) is 44.4 Å². The molecule has 0 saturated carbocycles. The van der Waals surface area contributed by atoms with Gasteiger partial charge < -0.3 is 5.32 Å². The first-order chi connectivity index (χ1) is 10.2. The van der Waals surface area contributed by atoms with Crippen molar-refractivity contribution < 1.29 is 26.4 Å². The molecule has 0 aromatic heterocycles. The third-order valence-electron chi connectivity index (χ3n) is 3.25. The van der Waals surface area contributed by atoms with Gasteiger partial charge in [0, 0.05) is 18.7 Å². The molecule has 1 N–H and O–H groups in total. The van der Waals surface area contributed by atoms with E-state index in [0.29, 0.717) is 13.1 Å². The van der Waals surface area contributed by atoms with E-state index >= 15 is 0 Å². The number of carbonyl (C=O) groups is 1. The standard InChI is InChI=1S/C13H15F3N2O3S/c14-13(15,16)9-17-12(19)10-4-3-5-11(8-10)22(20,21)18-6-1-2-7-18/h3-5,8H,1-2,6-7,9H2,(H,17,19). The molecule has 9 heteroatoms. The largest absolute Gasteiger partial charge is 0.405 e. The van der Waals surface area contributed by atoms with Crippen LogP contribution < -0.4 is 5.32 Å². The summed E-state index contributed by atoms with van der Waals surface area (Å²) < 4.78 is 62.2. The van der Waals surface area contributed by atoms with Gasteiger partial charge in [0.25, 0.3) is 5.91 Å². The number of alkyl halides is 3. The van der Waals surface area contributed by atoms with Crippen molar-refractivity contribution in [1.29, 1.82) is 0 Å². The number of nitrogens with one attached hydrogen (secondary N) is 1. The predicted molar refractivity (Wildman–Crippen MR) is 72.8 cm³/mol. The first kappa shape index (κ1) is 16.8. The van der Waals surface area contributed by atoms with Gasteiger partial charge in [0.1, 0.15) is 6.54 Å².